The minimum Gasteiger partial charge on any atom is -0.378 e. The van der Waals surface area contributed by atoms with Crippen LogP contribution in [0.2, 0.25) is 0 Å². The van der Waals surface area contributed by atoms with Crippen LogP contribution in [-0.4, -0.2) is 5.78 Å². The minimum absolute atomic E-state index is 0.0354. The number of carbonyl (C=O) groups excluding carboxylic acids is 1. The summed E-state index contributed by atoms with van der Waals surface area (Å²) in [5, 5.41) is 3.47. The predicted molar refractivity (Wildman–Crippen MR) is 86.3 cm³/mol. The van der Waals surface area contributed by atoms with E-state index in [2.05, 4.69) is 5.32 Å². The van der Waals surface area contributed by atoms with Crippen LogP contribution in [-0.2, 0) is 4.79 Å². The molecule has 0 spiro atoms. The molecule has 0 amide bonds. The number of carbonyl (C=O) groups is 1. The molecule has 0 aromatic heterocycles. The van der Waals surface area contributed by atoms with Gasteiger partial charge in [0.2, 0.25) is 0 Å². The van der Waals surface area contributed by atoms with Crippen LogP contribution in [0.4, 0.5) is 10.1 Å². The summed E-state index contributed by atoms with van der Waals surface area (Å²) in [5.41, 5.74) is 3.14. The fourth-order valence-corrected chi connectivity index (χ4v) is 3.11. The van der Waals surface area contributed by atoms with Crippen molar-refractivity contribution in [3.63, 3.8) is 0 Å². The Kier molecular flexibility index (Phi) is 4.23. The fraction of sp³-hybridized carbons (Fsp3) is 0.316. The molecule has 22 heavy (non-hydrogen) atoms. The SMILES string of the molecule is Cc1ccc(N[C@@H](c2ccc(F)cc2)[C@H]2CCCC2=O)cc1. The normalized spacial score (nSPS) is 19.2. The Morgan fingerprint density at radius 3 is 2.36 bits per heavy atom. The van der Waals surface area contributed by atoms with Crippen LogP contribution in [0.1, 0.15) is 36.4 Å². The van der Waals surface area contributed by atoms with Crippen LogP contribution in [0.3, 0.4) is 0 Å². The average molecular weight is 297 g/mol. The fourth-order valence-electron chi connectivity index (χ4n) is 3.11. The first-order chi connectivity index (χ1) is 10.6. The number of hydrogen-bond donors (Lipinski definition) is 1. The maximum absolute atomic E-state index is 13.2. The van der Waals surface area contributed by atoms with Crippen LogP contribution in [0.5, 0.6) is 0 Å². The summed E-state index contributed by atoms with van der Waals surface area (Å²) in [5.74, 6) is 0.0104. The van der Waals surface area contributed by atoms with E-state index in [0.717, 1.165) is 24.1 Å². The Balaban J connectivity index is 1.90. The molecule has 0 saturated heterocycles. The molecule has 0 radical (unpaired) electrons. The van der Waals surface area contributed by atoms with Crippen molar-refractivity contribution >= 4 is 11.5 Å². The number of Topliss-reactive ketones (excluding diaryl/α,β-unsaturated/α-hetero) is 1. The zero-order valence-corrected chi connectivity index (χ0v) is 12.7. The molecule has 1 fully saturated rings. The molecule has 114 valence electrons. The van der Waals surface area contributed by atoms with E-state index < -0.39 is 0 Å². The molecule has 0 unspecified atom stereocenters. The summed E-state index contributed by atoms with van der Waals surface area (Å²) in [6.45, 7) is 2.04. The highest BCUT2D eigenvalue weighted by molar-refractivity contribution is 5.84. The lowest BCUT2D eigenvalue weighted by Crippen LogP contribution is -2.24. The molecule has 2 aromatic carbocycles. The second-order valence-electron chi connectivity index (χ2n) is 6.00. The largest absolute Gasteiger partial charge is 0.378 e. The monoisotopic (exact) mass is 297 g/mol. The van der Waals surface area contributed by atoms with Gasteiger partial charge in [-0.1, -0.05) is 29.8 Å². The Morgan fingerprint density at radius 2 is 1.77 bits per heavy atom. The van der Waals surface area contributed by atoms with Crippen molar-refractivity contribution in [1.29, 1.82) is 0 Å². The Hall–Kier alpha value is -2.16. The number of halogens is 1. The quantitative estimate of drug-likeness (QED) is 0.889. The number of benzene rings is 2. The molecule has 2 aromatic rings. The summed E-state index contributed by atoms with van der Waals surface area (Å²) < 4.78 is 13.2. The summed E-state index contributed by atoms with van der Waals surface area (Å²) in [6, 6.07) is 14.5. The Morgan fingerprint density at radius 1 is 1.09 bits per heavy atom. The van der Waals surface area contributed by atoms with Gasteiger partial charge in [-0.25, -0.2) is 4.39 Å². The van der Waals surface area contributed by atoms with Gasteiger partial charge in [0.1, 0.15) is 11.6 Å². The number of anilines is 1. The molecular weight excluding hydrogens is 277 g/mol. The lowest BCUT2D eigenvalue weighted by molar-refractivity contribution is -0.121. The van der Waals surface area contributed by atoms with Gasteiger partial charge in [0, 0.05) is 18.0 Å². The van der Waals surface area contributed by atoms with Crippen molar-refractivity contribution in [3.05, 3.63) is 65.5 Å². The third kappa shape index (κ3) is 3.19. The van der Waals surface area contributed by atoms with E-state index in [1.54, 1.807) is 12.1 Å². The van der Waals surface area contributed by atoms with E-state index in [1.165, 1.54) is 17.7 Å². The summed E-state index contributed by atoms with van der Waals surface area (Å²) in [6.07, 6.45) is 2.48. The number of nitrogens with one attached hydrogen (secondary N) is 1. The molecule has 3 rings (SSSR count). The molecule has 2 atom stereocenters. The molecule has 1 N–H and O–H groups in total. The first-order valence-corrected chi connectivity index (χ1v) is 7.75. The topological polar surface area (TPSA) is 29.1 Å². The molecule has 1 aliphatic carbocycles. The van der Waals surface area contributed by atoms with Crippen LogP contribution in [0.15, 0.2) is 48.5 Å². The highest BCUT2D eigenvalue weighted by Crippen LogP contribution is 2.35. The van der Waals surface area contributed by atoms with Crippen LogP contribution >= 0.6 is 0 Å². The lowest BCUT2D eigenvalue weighted by atomic mass is 9.90. The molecular formula is C19H20FNO. The van der Waals surface area contributed by atoms with Crippen LogP contribution in [0, 0.1) is 18.7 Å². The van der Waals surface area contributed by atoms with E-state index >= 15 is 0 Å². The van der Waals surface area contributed by atoms with E-state index in [1.807, 2.05) is 31.2 Å². The summed E-state index contributed by atoms with van der Waals surface area (Å²) >= 11 is 0. The van der Waals surface area contributed by atoms with Gasteiger partial charge in [0.05, 0.1) is 6.04 Å². The Labute approximate surface area is 130 Å². The number of ketones is 1. The van der Waals surface area contributed by atoms with E-state index in [0.29, 0.717) is 12.2 Å². The van der Waals surface area contributed by atoms with Gasteiger partial charge in [-0.05, 0) is 49.6 Å². The van der Waals surface area contributed by atoms with Crippen molar-refractivity contribution < 1.29 is 9.18 Å². The van der Waals surface area contributed by atoms with Crippen molar-refractivity contribution in [2.24, 2.45) is 5.92 Å². The van der Waals surface area contributed by atoms with Crippen molar-refractivity contribution in [3.8, 4) is 0 Å². The molecule has 0 bridgehead atoms. The van der Waals surface area contributed by atoms with Crippen molar-refractivity contribution in [2.75, 3.05) is 5.32 Å². The van der Waals surface area contributed by atoms with E-state index in [4.69, 9.17) is 0 Å². The van der Waals surface area contributed by atoms with E-state index in [9.17, 15) is 9.18 Å². The molecule has 0 aliphatic heterocycles. The minimum atomic E-state index is -0.254. The second-order valence-corrected chi connectivity index (χ2v) is 6.00. The molecule has 3 heteroatoms. The zero-order chi connectivity index (χ0) is 15.5. The van der Waals surface area contributed by atoms with Crippen molar-refractivity contribution in [2.45, 2.75) is 32.2 Å². The average Bonchev–Trinajstić information content (AvgIpc) is 2.94. The van der Waals surface area contributed by atoms with Crippen LogP contribution < -0.4 is 5.32 Å². The number of aryl methyl sites for hydroxylation is 1. The smallest absolute Gasteiger partial charge is 0.138 e. The van der Waals surface area contributed by atoms with Crippen LogP contribution in [0.25, 0.3) is 0 Å². The van der Waals surface area contributed by atoms with Crippen molar-refractivity contribution in [1.82, 2.24) is 0 Å². The van der Waals surface area contributed by atoms with Gasteiger partial charge < -0.3 is 5.32 Å². The third-order valence-corrected chi connectivity index (χ3v) is 4.36. The first-order valence-electron chi connectivity index (χ1n) is 7.75. The standard InChI is InChI=1S/C19H20FNO/c1-13-5-11-16(12-6-13)21-19(17-3-2-4-18(17)22)14-7-9-15(20)10-8-14/h5-12,17,19,21H,2-4H2,1H3/t17-,19-/m0/s1. The summed E-state index contributed by atoms with van der Waals surface area (Å²) in [7, 11) is 0. The van der Waals surface area contributed by atoms with Gasteiger partial charge in [0.25, 0.3) is 0 Å². The number of rotatable bonds is 4. The molecule has 0 heterocycles. The molecule has 1 aliphatic rings. The van der Waals surface area contributed by atoms with Gasteiger partial charge in [-0.3, -0.25) is 4.79 Å². The maximum Gasteiger partial charge on any atom is 0.138 e. The number of hydrogen-bond acceptors (Lipinski definition) is 2. The van der Waals surface area contributed by atoms with Gasteiger partial charge in [0.15, 0.2) is 0 Å². The first kappa shape index (κ1) is 14.8. The molecule has 2 nitrogen and oxygen atoms in total. The second kappa shape index (κ2) is 6.30. The highest BCUT2D eigenvalue weighted by Gasteiger charge is 2.33. The van der Waals surface area contributed by atoms with Gasteiger partial charge in [-0.2, -0.15) is 0 Å². The van der Waals surface area contributed by atoms with Gasteiger partial charge in [-0.15, -0.1) is 0 Å². The lowest BCUT2D eigenvalue weighted by Gasteiger charge is -2.25. The third-order valence-electron chi connectivity index (χ3n) is 4.36. The Bertz CT molecular complexity index is 648. The van der Waals surface area contributed by atoms with Gasteiger partial charge >= 0.3 is 0 Å². The predicted octanol–water partition coefficient (Wildman–Crippen LogP) is 4.66. The molecule has 1 saturated carbocycles. The summed E-state index contributed by atoms with van der Waals surface area (Å²) in [4.78, 5) is 12.2. The highest BCUT2D eigenvalue weighted by atomic mass is 19.1. The zero-order valence-electron chi connectivity index (χ0n) is 12.7. The maximum atomic E-state index is 13.2. The van der Waals surface area contributed by atoms with E-state index in [-0.39, 0.29) is 17.8 Å².